The van der Waals surface area contributed by atoms with Gasteiger partial charge in [-0.1, -0.05) is 19.4 Å². The van der Waals surface area contributed by atoms with Crippen LogP contribution in [0.15, 0.2) is 18.2 Å². The summed E-state index contributed by atoms with van der Waals surface area (Å²) in [5.74, 6) is -0.612. The maximum absolute atomic E-state index is 11.6. The second-order valence-electron chi connectivity index (χ2n) is 3.70. The summed E-state index contributed by atoms with van der Waals surface area (Å²) in [5, 5.41) is 20.2. The predicted octanol–water partition coefficient (Wildman–Crippen LogP) is 1.84. The van der Waals surface area contributed by atoms with E-state index in [2.05, 4.69) is 4.72 Å². The number of benzene rings is 1. The van der Waals surface area contributed by atoms with Crippen LogP contribution in [0, 0.1) is 10.1 Å². The second-order valence-corrected chi connectivity index (χ2v) is 5.54. The highest BCUT2D eigenvalue weighted by Crippen LogP contribution is 2.33. The molecule has 8 heteroatoms. The lowest BCUT2D eigenvalue weighted by atomic mass is 10.2. The Balaban J connectivity index is 3.07. The van der Waals surface area contributed by atoms with Gasteiger partial charge >= 0.3 is 0 Å². The number of sulfonamides is 1. The molecule has 0 saturated heterocycles. The van der Waals surface area contributed by atoms with Crippen LogP contribution in [0.1, 0.15) is 19.8 Å². The van der Waals surface area contributed by atoms with Crippen molar-refractivity contribution < 1.29 is 18.4 Å². The standard InChI is InChI=1S/C10H14N2O5S/c1-2-3-7-18(16,17)11-10-8(12(14)15)5-4-6-9(10)13/h4-6,11,13H,2-3,7H2,1H3. The molecule has 0 saturated carbocycles. The first-order valence-electron chi connectivity index (χ1n) is 5.34. The number of rotatable bonds is 6. The Kier molecular flexibility index (Phi) is 4.49. The average molecular weight is 274 g/mol. The number of phenolic OH excluding ortho intramolecular Hbond substituents is 1. The average Bonchev–Trinajstić information content (AvgIpc) is 2.28. The van der Waals surface area contributed by atoms with E-state index >= 15 is 0 Å². The minimum Gasteiger partial charge on any atom is -0.505 e. The topological polar surface area (TPSA) is 110 Å². The molecular formula is C10H14N2O5S. The van der Waals surface area contributed by atoms with Crippen LogP contribution < -0.4 is 4.72 Å². The number of unbranched alkanes of at least 4 members (excludes halogenated alkanes) is 1. The molecule has 0 aromatic heterocycles. The minimum atomic E-state index is -3.69. The number of nitro groups is 1. The van der Waals surface area contributed by atoms with Crippen molar-refractivity contribution in [2.45, 2.75) is 19.8 Å². The van der Waals surface area contributed by atoms with E-state index < -0.39 is 32.1 Å². The number of anilines is 1. The van der Waals surface area contributed by atoms with Gasteiger partial charge in [-0.3, -0.25) is 14.8 Å². The van der Waals surface area contributed by atoms with Crippen LogP contribution in [0.3, 0.4) is 0 Å². The first kappa shape index (κ1) is 14.2. The molecule has 1 aromatic rings. The number of hydrogen-bond acceptors (Lipinski definition) is 5. The molecule has 0 aliphatic carbocycles. The summed E-state index contributed by atoms with van der Waals surface area (Å²) < 4.78 is 25.3. The lowest BCUT2D eigenvalue weighted by Gasteiger charge is -2.09. The lowest BCUT2D eigenvalue weighted by molar-refractivity contribution is -0.383. The Labute approximate surface area is 105 Å². The van der Waals surface area contributed by atoms with Crippen LogP contribution in [-0.2, 0) is 10.0 Å². The van der Waals surface area contributed by atoms with Gasteiger partial charge in [-0.25, -0.2) is 8.42 Å². The van der Waals surface area contributed by atoms with Crippen LogP contribution >= 0.6 is 0 Å². The smallest absolute Gasteiger partial charge is 0.297 e. The quantitative estimate of drug-likeness (QED) is 0.467. The van der Waals surface area contributed by atoms with Gasteiger partial charge in [-0.15, -0.1) is 0 Å². The van der Waals surface area contributed by atoms with E-state index in [4.69, 9.17) is 0 Å². The summed E-state index contributed by atoms with van der Waals surface area (Å²) >= 11 is 0. The third-order valence-electron chi connectivity index (χ3n) is 2.24. The van der Waals surface area contributed by atoms with Crippen molar-refractivity contribution in [1.82, 2.24) is 0 Å². The number of nitrogens with zero attached hydrogens (tertiary/aromatic N) is 1. The van der Waals surface area contributed by atoms with Gasteiger partial charge in [0.2, 0.25) is 10.0 Å². The minimum absolute atomic E-state index is 0.144. The summed E-state index contributed by atoms with van der Waals surface area (Å²) in [7, 11) is -3.69. The predicted molar refractivity (Wildman–Crippen MR) is 67.1 cm³/mol. The van der Waals surface area contributed by atoms with Crippen LogP contribution in [0.4, 0.5) is 11.4 Å². The van der Waals surface area contributed by atoms with Crippen molar-refractivity contribution in [1.29, 1.82) is 0 Å². The molecule has 100 valence electrons. The van der Waals surface area contributed by atoms with Crippen molar-refractivity contribution in [2.75, 3.05) is 10.5 Å². The molecule has 0 fully saturated rings. The van der Waals surface area contributed by atoms with Crippen molar-refractivity contribution in [2.24, 2.45) is 0 Å². The molecule has 2 N–H and O–H groups in total. The first-order chi connectivity index (χ1) is 8.37. The Morgan fingerprint density at radius 3 is 2.67 bits per heavy atom. The van der Waals surface area contributed by atoms with Gasteiger partial charge in [0, 0.05) is 6.07 Å². The fourth-order valence-corrected chi connectivity index (χ4v) is 2.62. The van der Waals surface area contributed by atoms with Gasteiger partial charge in [0.15, 0.2) is 5.69 Å². The van der Waals surface area contributed by atoms with E-state index in [1.165, 1.54) is 12.1 Å². The highest BCUT2D eigenvalue weighted by atomic mass is 32.2. The van der Waals surface area contributed by atoms with Crippen molar-refractivity contribution in [3.63, 3.8) is 0 Å². The molecule has 1 rings (SSSR count). The van der Waals surface area contributed by atoms with Gasteiger partial charge < -0.3 is 5.11 Å². The third-order valence-corrected chi connectivity index (χ3v) is 3.58. The summed E-state index contributed by atoms with van der Waals surface area (Å²) in [4.78, 5) is 9.98. The molecule has 0 spiro atoms. The number of aromatic hydroxyl groups is 1. The number of phenols is 1. The van der Waals surface area contributed by atoms with Gasteiger partial charge in [-0.05, 0) is 12.5 Å². The van der Waals surface area contributed by atoms with Crippen molar-refractivity contribution in [3.8, 4) is 5.75 Å². The van der Waals surface area contributed by atoms with E-state index in [1.807, 2.05) is 6.92 Å². The molecule has 0 amide bonds. The zero-order chi connectivity index (χ0) is 13.8. The van der Waals surface area contributed by atoms with E-state index in [9.17, 15) is 23.6 Å². The first-order valence-corrected chi connectivity index (χ1v) is 6.99. The summed E-state index contributed by atoms with van der Waals surface area (Å²) in [5.41, 5.74) is -0.867. The summed E-state index contributed by atoms with van der Waals surface area (Å²) in [6.07, 6.45) is 1.13. The van der Waals surface area contributed by atoms with Gasteiger partial charge in [-0.2, -0.15) is 0 Å². The molecule has 0 bridgehead atoms. The highest BCUT2D eigenvalue weighted by Gasteiger charge is 2.21. The molecule has 0 atom stereocenters. The largest absolute Gasteiger partial charge is 0.505 e. The molecule has 7 nitrogen and oxygen atoms in total. The Morgan fingerprint density at radius 2 is 2.11 bits per heavy atom. The molecule has 0 aliphatic heterocycles. The maximum Gasteiger partial charge on any atom is 0.297 e. The normalized spacial score (nSPS) is 11.2. The fourth-order valence-electron chi connectivity index (χ4n) is 1.33. The van der Waals surface area contributed by atoms with Crippen molar-refractivity contribution in [3.05, 3.63) is 28.3 Å². The van der Waals surface area contributed by atoms with E-state index in [-0.39, 0.29) is 5.75 Å². The van der Waals surface area contributed by atoms with Gasteiger partial charge in [0.1, 0.15) is 5.75 Å². The SMILES string of the molecule is CCCCS(=O)(=O)Nc1c(O)cccc1[N+](=O)[O-]. The second kappa shape index (κ2) is 5.67. The van der Waals surface area contributed by atoms with Crippen LogP contribution in [0.25, 0.3) is 0 Å². The van der Waals surface area contributed by atoms with Gasteiger partial charge in [0.05, 0.1) is 10.7 Å². The van der Waals surface area contributed by atoms with Crippen molar-refractivity contribution >= 4 is 21.4 Å². The van der Waals surface area contributed by atoms with Crippen LogP contribution in [0.5, 0.6) is 5.75 Å². The monoisotopic (exact) mass is 274 g/mol. The van der Waals surface area contributed by atoms with E-state index in [1.54, 1.807) is 0 Å². The zero-order valence-electron chi connectivity index (χ0n) is 9.79. The van der Waals surface area contributed by atoms with E-state index in [0.29, 0.717) is 12.8 Å². The van der Waals surface area contributed by atoms with Crippen LogP contribution in [-0.4, -0.2) is 24.2 Å². The third kappa shape index (κ3) is 3.59. The number of para-hydroxylation sites is 1. The Hall–Kier alpha value is -1.83. The summed E-state index contributed by atoms with van der Waals surface area (Å²) in [6, 6.07) is 3.58. The van der Waals surface area contributed by atoms with Gasteiger partial charge in [0.25, 0.3) is 5.69 Å². The molecule has 0 radical (unpaired) electrons. The molecule has 0 aliphatic rings. The number of nitro benzene ring substituents is 1. The maximum atomic E-state index is 11.6. The molecule has 1 aromatic carbocycles. The lowest BCUT2D eigenvalue weighted by Crippen LogP contribution is -2.17. The molecular weight excluding hydrogens is 260 g/mol. The van der Waals surface area contributed by atoms with Crippen LogP contribution in [0.2, 0.25) is 0 Å². The molecule has 0 unspecified atom stereocenters. The number of nitrogens with one attached hydrogen (secondary N) is 1. The highest BCUT2D eigenvalue weighted by molar-refractivity contribution is 7.92. The van der Waals surface area contributed by atoms with E-state index in [0.717, 1.165) is 6.07 Å². The zero-order valence-corrected chi connectivity index (χ0v) is 10.6. The molecule has 18 heavy (non-hydrogen) atoms. The Morgan fingerprint density at radius 1 is 1.44 bits per heavy atom. The summed E-state index contributed by atoms with van der Waals surface area (Å²) in [6.45, 7) is 1.83. The fraction of sp³-hybridized carbons (Fsp3) is 0.400. The number of hydrogen-bond donors (Lipinski definition) is 2. The molecule has 0 heterocycles. The Bertz CT molecular complexity index is 541.